The molecule has 1 fully saturated rings. The highest BCUT2D eigenvalue weighted by atomic mass is 35.5. The standard InChI is InChI=1S/C20H18ClFN2O4/c21-15-7-4-8-16(22)14(15)9-10-18(25)23-17(13-5-2-1-3-6-13)11-24-19(26)12-28-20(24)27/h1-8,17H,9-12H2,(H,23,25). The Balaban J connectivity index is 1.69. The van der Waals surface area contributed by atoms with Gasteiger partial charge in [0.2, 0.25) is 5.91 Å². The number of hydrogen-bond acceptors (Lipinski definition) is 4. The lowest BCUT2D eigenvalue weighted by molar-refractivity contribution is -0.127. The quantitative estimate of drug-likeness (QED) is 0.768. The molecule has 1 heterocycles. The number of carbonyl (C=O) groups excluding carboxylic acids is 3. The zero-order chi connectivity index (χ0) is 20.1. The first-order chi connectivity index (χ1) is 13.5. The van der Waals surface area contributed by atoms with Crippen molar-refractivity contribution in [2.24, 2.45) is 0 Å². The molecule has 0 bridgehead atoms. The number of nitrogens with one attached hydrogen (secondary N) is 1. The minimum atomic E-state index is -0.738. The maximum atomic E-state index is 13.9. The number of carbonyl (C=O) groups is 3. The van der Waals surface area contributed by atoms with Crippen LogP contribution in [-0.4, -0.2) is 36.0 Å². The van der Waals surface area contributed by atoms with Gasteiger partial charge in [-0.2, -0.15) is 0 Å². The molecule has 2 aromatic carbocycles. The van der Waals surface area contributed by atoms with Crippen LogP contribution in [0.4, 0.5) is 9.18 Å². The monoisotopic (exact) mass is 404 g/mol. The van der Waals surface area contributed by atoms with Crippen molar-refractivity contribution in [1.29, 1.82) is 0 Å². The maximum absolute atomic E-state index is 13.9. The molecule has 1 aliphatic heterocycles. The SMILES string of the molecule is O=C(CCc1c(F)cccc1Cl)NC(CN1C(=O)COC1=O)c1ccccc1. The summed E-state index contributed by atoms with van der Waals surface area (Å²) in [4.78, 5) is 37.0. The highest BCUT2D eigenvalue weighted by Gasteiger charge is 2.33. The normalized spacial score (nSPS) is 14.7. The minimum Gasteiger partial charge on any atom is -0.439 e. The third-order valence-electron chi connectivity index (χ3n) is 4.41. The second-order valence-electron chi connectivity index (χ2n) is 6.29. The number of hydrogen-bond donors (Lipinski definition) is 1. The molecular weight excluding hydrogens is 387 g/mol. The van der Waals surface area contributed by atoms with Gasteiger partial charge in [0.25, 0.3) is 5.91 Å². The van der Waals surface area contributed by atoms with Crippen molar-refractivity contribution in [2.45, 2.75) is 18.9 Å². The van der Waals surface area contributed by atoms with Crippen LogP contribution in [-0.2, 0) is 20.7 Å². The van der Waals surface area contributed by atoms with E-state index in [2.05, 4.69) is 5.32 Å². The number of halogens is 2. The number of nitrogens with zero attached hydrogens (tertiary/aromatic N) is 1. The second kappa shape index (κ2) is 8.84. The molecule has 1 saturated heterocycles. The number of benzene rings is 2. The Hall–Kier alpha value is -2.93. The Labute approximate surface area is 166 Å². The lowest BCUT2D eigenvalue weighted by Crippen LogP contribution is -2.40. The van der Waals surface area contributed by atoms with Gasteiger partial charge in [-0.3, -0.25) is 9.59 Å². The van der Waals surface area contributed by atoms with Crippen LogP contribution in [0.1, 0.15) is 23.6 Å². The van der Waals surface area contributed by atoms with Crippen LogP contribution in [0, 0.1) is 5.82 Å². The molecule has 1 unspecified atom stereocenters. The van der Waals surface area contributed by atoms with Crippen LogP contribution in [0.5, 0.6) is 0 Å². The highest BCUT2D eigenvalue weighted by Crippen LogP contribution is 2.21. The predicted octanol–water partition coefficient (Wildman–Crippen LogP) is 3.25. The maximum Gasteiger partial charge on any atom is 0.417 e. The number of amides is 3. The van der Waals surface area contributed by atoms with Crippen LogP contribution in [0.15, 0.2) is 48.5 Å². The largest absolute Gasteiger partial charge is 0.439 e. The summed E-state index contributed by atoms with van der Waals surface area (Å²) in [6, 6.07) is 12.7. The van der Waals surface area contributed by atoms with E-state index in [-0.39, 0.29) is 42.5 Å². The topological polar surface area (TPSA) is 75.7 Å². The summed E-state index contributed by atoms with van der Waals surface area (Å²) in [5.41, 5.74) is 1.00. The molecule has 0 aromatic heterocycles. The first kappa shape index (κ1) is 19.8. The van der Waals surface area contributed by atoms with E-state index < -0.39 is 23.9 Å². The second-order valence-corrected chi connectivity index (χ2v) is 6.70. The van der Waals surface area contributed by atoms with Crippen LogP contribution in [0.25, 0.3) is 0 Å². The molecule has 2 aromatic rings. The van der Waals surface area contributed by atoms with E-state index >= 15 is 0 Å². The summed E-state index contributed by atoms with van der Waals surface area (Å²) in [5.74, 6) is -1.28. The zero-order valence-corrected chi connectivity index (χ0v) is 15.6. The van der Waals surface area contributed by atoms with E-state index in [1.807, 2.05) is 6.07 Å². The van der Waals surface area contributed by atoms with E-state index in [0.717, 1.165) is 10.5 Å². The van der Waals surface area contributed by atoms with Crippen molar-refractivity contribution in [1.82, 2.24) is 10.2 Å². The fraction of sp³-hybridized carbons (Fsp3) is 0.250. The summed E-state index contributed by atoms with van der Waals surface area (Å²) in [5, 5.41) is 3.07. The van der Waals surface area contributed by atoms with Crippen molar-refractivity contribution < 1.29 is 23.5 Å². The molecule has 0 saturated carbocycles. The van der Waals surface area contributed by atoms with Gasteiger partial charge in [0.15, 0.2) is 6.61 Å². The van der Waals surface area contributed by atoms with Gasteiger partial charge in [0.1, 0.15) is 5.82 Å². The van der Waals surface area contributed by atoms with Crippen LogP contribution >= 0.6 is 11.6 Å². The fourth-order valence-corrected chi connectivity index (χ4v) is 3.19. The van der Waals surface area contributed by atoms with E-state index in [1.165, 1.54) is 12.1 Å². The van der Waals surface area contributed by atoms with Gasteiger partial charge in [-0.05, 0) is 24.1 Å². The van der Waals surface area contributed by atoms with E-state index in [4.69, 9.17) is 16.3 Å². The number of rotatable bonds is 7. The molecule has 8 heteroatoms. The molecule has 1 aliphatic rings. The van der Waals surface area contributed by atoms with Crippen molar-refractivity contribution in [3.05, 3.63) is 70.5 Å². The first-order valence-electron chi connectivity index (χ1n) is 8.70. The van der Waals surface area contributed by atoms with Gasteiger partial charge in [-0.25, -0.2) is 14.1 Å². The lowest BCUT2D eigenvalue weighted by atomic mass is 10.0. The van der Waals surface area contributed by atoms with E-state index in [9.17, 15) is 18.8 Å². The summed E-state index contributed by atoms with van der Waals surface area (Å²) in [7, 11) is 0. The van der Waals surface area contributed by atoms with Gasteiger partial charge in [0, 0.05) is 17.0 Å². The third kappa shape index (κ3) is 4.67. The van der Waals surface area contributed by atoms with Gasteiger partial charge in [0.05, 0.1) is 12.6 Å². The molecule has 1 atom stereocenters. The van der Waals surface area contributed by atoms with E-state index in [1.54, 1.807) is 30.3 Å². The van der Waals surface area contributed by atoms with Gasteiger partial charge < -0.3 is 10.1 Å². The smallest absolute Gasteiger partial charge is 0.417 e. The molecule has 6 nitrogen and oxygen atoms in total. The first-order valence-corrected chi connectivity index (χ1v) is 9.08. The molecule has 3 amide bonds. The van der Waals surface area contributed by atoms with Crippen molar-refractivity contribution in [3.8, 4) is 0 Å². The Kier molecular flexibility index (Phi) is 6.26. The van der Waals surface area contributed by atoms with Crippen molar-refractivity contribution in [2.75, 3.05) is 13.2 Å². The lowest BCUT2D eigenvalue weighted by Gasteiger charge is -2.23. The molecule has 1 N–H and O–H groups in total. The number of ether oxygens (including phenoxy) is 1. The van der Waals surface area contributed by atoms with Crippen LogP contribution in [0.2, 0.25) is 5.02 Å². The Morgan fingerprint density at radius 1 is 1.18 bits per heavy atom. The number of cyclic esters (lactones) is 1. The summed E-state index contributed by atoms with van der Waals surface area (Å²) in [6.07, 6.45) is -0.607. The Morgan fingerprint density at radius 3 is 2.57 bits per heavy atom. The molecule has 0 aliphatic carbocycles. The van der Waals surface area contributed by atoms with Gasteiger partial charge >= 0.3 is 6.09 Å². The zero-order valence-electron chi connectivity index (χ0n) is 14.9. The van der Waals surface area contributed by atoms with Crippen molar-refractivity contribution in [3.63, 3.8) is 0 Å². The summed E-state index contributed by atoms with van der Waals surface area (Å²) < 4.78 is 18.6. The molecule has 3 rings (SSSR count). The van der Waals surface area contributed by atoms with Crippen LogP contribution < -0.4 is 5.32 Å². The molecule has 146 valence electrons. The summed E-state index contributed by atoms with van der Waals surface area (Å²) in [6.45, 7) is -0.353. The molecule has 28 heavy (non-hydrogen) atoms. The third-order valence-corrected chi connectivity index (χ3v) is 4.76. The average Bonchev–Trinajstić information content (AvgIpc) is 2.99. The average molecular weight is 405 g/mol. The highest BCUT2D eigenvalue weighted by molar-refractivity contribution is 6.31. The molecule has 0 radical (unpaired) electrons. The fourth-order valence-electron chi connectivity index (χ4n) is 2.94. The number of imide groups is 1. The Morgan fingerprint density at radius 2 is 1.93 bits per heavy atom. The van der Waals surface area contributed by atoms with Crippen molar-refractivity contribution >= 4 is 29.5 Å². The summed E-state index contributed by atoms with van der Waals surface area (Å²) >= 11 is 5.99. The minimum absolute atomic E-state index is 0.00236. The van der Waals surface area contributed by atoms with Gasteiger partial charge in [-0.15, -0.1) is 0 Å². The van der Waals surface area contributed by atoms with E-state index in [0.29, 0.717) is 0 Å². The predicted molar refractivity (Wildman–Crippen MR) is 100 cm³/mol. The molecular formula is C20H18ClFN2O4. The van der Waals surface area contributed by atoms with Crippen LogP contribution in [0.3, 0.4) is 0 Å². The Bertz CT molecular complexity index is 855. The molecule has 0 spiro atoms. The van der Waals surface area contributed by atoms with Gasteiger partial charge in [-0.1, -0.05) is 48.0 Å².